The lowest BCUT2D eigenvalue weighted by Gasteiger charge is -2.23. The van der Waals surface area contributed by atoms with Gasteiger partial charge in [-0.2, -0.15) is 0 Å². The molecular formula is C64H38N2. The van der Waals surface area contributed by atoms with Crippen molar-refractivity contribution in [1.29, 1.82) is 0 Å². The Morgan fingerprint density at radius 1 is 0.182 bits per heavy atom. The molecule has 66 heavy (non-hydrogen) atoms. The van der Waals surface area contributed by atoms with E-state index in [9.17, 15) is 0 Å². The lowest BCUT2D eigenvalue weighted by atomic mass is 9.80. The predicted octanol–water partition coefficient (Wildman–Crippen LogP) is 17.4. The standard InChI is InChI=1S/C64H38N2/c1-2-14-46-45(13-1)47-15-3-4-17-49(47)53-28-25-39(36-60(53)52-20-6-5-16-48(46)52)42-33-43(40-26-29-54-50-18-7-9-21-56(50)63-58(61(54)37-40)23-11-31-65-63)35-44(34-42)41-27-30-55-51-19-8-10-22-57(51)64-59(62(55)38-41)24-12-32-66-64/h1-38H. The van der Waals surface area contributed by atoms with E-state index in [1.807, 2.05) is 12.4 Å². The first-order chi connectivity index (χ1) is 32.7. The summed E-state index contributed by atoms with van der Waals surface area (Å²) in [6.45, 7) is 0. The molecule has 13 aromatic rings. The quantitative estimate of drug-likeness (QED) is 0.166. The van der Waals surface area contributed by atoms with E-state index < -0.39 is 0 Å². The summed E-state index contributed by atoms with van der Waals surface area (Å²) < 4.78 is 0. The van der Waals surface area contributed by atoms with E-state index >= 15 is 0 Å². The molecule has 11 aromatic carbocycles. The van der Waals surface area contributed by atoms with Crippen molar-refractivity contribution in [3.8, 4) is 77.9 Å². The van der Waals surface area contributed by atoms with Gasteiger partial charge in [0.2, 0.25) is 0 Å². The van der Waals surface area contributed by atoms with Crippen molar-refractivity contribution in [3.05, 3.63) is 231 Å². The average Bonchev–Trinajstić information content (AvgIpc) is 3.40. The highest BCUT2D eigenvalue weighted by atomic mass is 14.7. The maximum Gasteiger partial charge on any atom is 0.0786 e. The molecule has 0 N–H and O–H groups in total. The van der Waals surface area contributed by atoms with Crippen molar-refractivity contribution >= 4 is 64.9 Å². The largest absolute Gasteiger partial charge is 0.256 e. The van der Waals surface area contributed by atoms with Crippen molar-refractivity contribution in [3.63, 3.8) is 0 Å². The van der Waals surface area contributed by atoms with Gasteiger partial charge < -0.3 is 0 Å². The van der Waals surface area contributed by atoms with Crippen LogP contribution in [0.3, 0.4) is 0 Å². The van der Waals surface area contributed by atoms with Crippen LogP contribution in [0.25, 0.3) is 143 Å². The summed E-state index contributed by atoms with van der Waals surface area (Å²) in [6.07, 6.45) is 3.81. The molecule has 0 saturated heterocycles. The van der Waals surface area contributed by atoms with Crippen LogP contribution in [0.2, 0.25) is 0 Å². The first-order valence-electron chi connectivity index (χ1n) is 22.7. The van der Waals surface area contributed by atoms with E-state index in [4.69, 9.17) is 9.97 Å². The van der Waals surface area contributed by atoms with Gasteiger partial charge in [0.15, 0.2) is 0 Å². The minimum Gasteiger partial charge on any atom is -0.256 e. The van der Waals surface area contributed by atoms with Crippen LogP contribution in [0.15, 0.2) is 231 Å². The fourth-order valence-corrected chi connectivity index (χ4v) is 11.1. The third-order valence-corrected chi connectivity index (χ3v) is 14.1. The van der Waals surface area contributed by atoms with Crippen LogP contribution in [0.4, 0.5) is 0 Å². The number of rotatable bonds is 3. The fraction of sp³-hybridized carbons (Fsp3) is 0. The third-order valence-electron chi connectivity index (χ3n) is 14.1. The van der Waals surface area contributed by atoms with Crippen LogP contribution in [-0.2, 0) is 0 Å². The number of fused-ring (bicyclic) bond motifs is 20. The third kappa shape index (κ3) is 5.55. The Balaban J connectivity index is 1.03. The Kier molecular flexibility index (Phi) is 8.02. The van der Waals surface area contributed by atoms with Crippen LogP contribution in [0.1, 0.15) is 0 Å². The molecule has 1 aliphatic rings. The van der Waals surface area contributed by atoms with Crippen LogP contribution >= 0.6 is 0 Å². The first kappa shape index (κ1) is 36.7. The van der Waals surface area contributed by atoms with Gasteiger partial charge >= 0.3 is 0 Å². The summed E-state index contributed by atoms with van der Waals surface area (Å²) in [5, 5.41) is 12.0. The number of hydrogen-bond acceptors (Lipinski definition) is 2. The van der Waals surface area contributed by atoms with Crippen molar-refractivity contribution in [2.45, 2.75) is 0 Å². The van der Waals surface area contributed by atoms with Gasteiger partial charge in [-0.15, -0.1) is 0 Å². The van der Waals surface area contributed by atoms with Gasteiger partial charge in [-0.25, -0.2) is 0 Å². The highest BCUT2D eigenvalue weighted by molar-refractivity contribution is 6.26. The highest BCUT2D eigenvalue weighted by Gasteiger charge is 2.23. The van der Waals surface area contributed by atoms with E-state index in [1.54, 1.807) is 0 Å². The molecule has 14 rings (SSSR count). The van der Waals surface area contributed by atoms with E-state index in [2.05, 4.69) is 218 Å². The highest BCUT2D eigenvalue weighted by Crippen LogP contribution is 2.49. The van der Waals surface area contributed by atoms with Gasteiger partial charge in [0.05, 0.1) is 11.0 Å². The van der Waals surface area contributed by atoms with Crippen molar-refractivity contribution in [2.24, 2.45) is 0 Å². The maximum absolute atomic E-state index is 4.92. The van der Waals surface area contributed by atoms with Gasteiger partial charge in [0, 0.05) is 33.9 Å². The zero-order chi connectivity index (χ0) is 43.3. The van der Waals surface area contributed by atoms with Gasteiger partial charge in [-0.1, -0.05) is 170 Å². The van der Waals surface area contributed by atoms with Gasteiger partial charge in [0.25, 0.3) is 0 Å². The fourth-order valence-electron chi connectivity index (χ4n) is 11.1. The van der Waals surface area contributed by atoms with E-state index in [0.29, 0.717) is 0 Å². The lowest BCUT2D eigenvalue weighted by molar-refractivity contribution is 1.43. The summed E-state index contributed by atoms with van der Waals surface area (Å²) in [4.78, 5) is 9.84. The number of nitrogens with zero attached hydrogens (tertiary/aromatic N) is 2. The lowest BCUT2D eigenvalue weighted by Crippen LogP contribution is -1.97. The van der Waals surface area contributed by atoms with Crippen molar-refractivity contribution in [1.82, 2.24) is 9.97 Å². The van der Waals surface area contributed by atoms with Gasteiger partial charge in [-0.3, -0.25) is 9.97 Å². The van der Waals surface area contributed by atoms with E-state index in [1.165, 1.54) is 93.2 Å². The van der Waals surface area contributed by atoms with Gasteiger partial charge in [-0.05, 0) is 159 Å². The molecule has 0 fully saturated rings. The normalized spacial score (nSPS) is 11.9. The van der Waals surface area contributed by atoms with E-state index in [-0.39, 0.29) is 0 Å². The first-order valence-corrected chi connectivity index (χ1v) is 22.7. The molecule has 0 amide bonds. The number of aromatic nitrogens is 2. The Morgan fingerprint density at radius 2 is 0.485 bits per heavy atom. The topological polar surface area (TPSA) is 25.8 Å². The molecule has 0 aliphatic heterocycles. The molecular weight excluding hydrogens is 797 g/mol. The SMILES string of the molecule is c1ccc2c(c1)-c1ccccc1-c1ccc(-c3cc(-c4ccc5c6ccccc6c6ncccc6c5c4)cc(-c4ccc5c6ccccc6c6ncccc6c5c4)c3)cc1-c1ccccc1-2. The van der Waals surface area contributed by atoms with Crippen LogP contribution < -0.4 is 0 Å². The second kappa shape index (κ2) is 14.4. The summed E-state index contributed by atoms with van der Waals surface area (Å²) in [5.41, 5.74) is 19.0. The molecule has 0 unspecified atom stereocenters. The molecule has 0 radical (unpaired) electrons. The Morgan fingerprint density at radius 3 is 0.924 bits per heavy atom. The molecule has 2 heterocycles. The minimum absolute atomic E-state index is 1.03. The summed E-state index contributed by atoms with van der Waals surface area (Å²) in [5.74, 6) is 0. The summed E-state index contributed by atoms with van der Waals surface area (Å²) >= 11 is 0. The summed E-state index contributed by atoms with van der Waals surface area (Å²) in [6, 6.07) is 80.7. The molecule has 0 bridgehead atoms. The van der Waals surface area contributed by atoms with Crippen LogP contribution in [-0.4, -0.2) is 9.97 Å². The molecule has 0 spiro atoms. The molecule has 1 aliphatic carbocycles. The smallest absolute Gasteiger partial charge is 0.0786 e. The zero-order valence-corrected chi connectivity index (χ0v) is 35.8. The Hall–Kier alpha value is -8.72. The molecule has 2 aromatic heterocycles. The number of hydrogen-bond donors (Lipinski definition) is 0. The summed E-state index contributed by atoms with van der Waals surface area (Å²) in [7, 11) is 0. The predicted molar refractivity (Wildman–Crippen MR) is 279 cm³/mol. The zero-order valence-electron chi connectivity index (χ0n) is 35.8. The average molecular weight is 835 g/mol. The molecule has 304 valence electrons. The monoisotopic (exact) mass is 834 g/mol. The van der Waals surface area contributed by atoms with Crippen LogP contribution in [0, 0.1) is 0 Å². The van der Waals surface area contributed by atoms with E-state index in [0.717, 1.165) is 49.6 Å². The number of benzene rings is 11. The molecule has 2 heteroatoms. The van der Waals surface area contributed by atoms with Crippen LogP contribution in [0.5, 0.6) is 0 Å². The Bertz CT molecular complexity index is 3930. The van der Waals surface area contributed by atoms with Crippen molar-refractivity contribution < 1.29 is 0 Å². The van der Waals surface area contributed by atoms with Crippen molar-refractivity contribution in [2.75, 3.05) is 0 Å². The number of pyridine rings is 2. The molecule has 0 atom stereocenters. The Labute approximate surface area is 381 Å². The van der Waals surface area contributed by atoms with Gasteiger partial charge in [0.1, 0.15) is 0 Å². The molecule has 0 saturated carbocycles. The second-order valence-electron chi connectivity index (χ2n) is 17.6. The second-order valence-corrected chi connectivity index (χ2v) is 17.6. The molecule has 2 nitrogen and oxygen atoms in total. The minimum atomic E-state index is 1.03. The maximum atomic E-state index is 4.92.